The first-order chi connectivity index (χ1) is 67.5. The van der Waals surface area contributed by atoms with Gasteiger partial charge < -0.3 is 56.5 Å². The molecule has 1 aliphatic rings. The predicted molar refractivity (Wildman–Crippen MR) is 568 cm³/mol. The molecule has 0 radical (unpaired) electrons. The Bertz CT molecular complexity index is 5470. The number of nitrogens with two attached hydrogens (primary N) is 8. The number of aromatic nitrogens is 30. The summed E-state index contributed by atoms with van der Waals surface area (Å²) in [4.78, 5) is 76.9. The number of rotatable bonds is 48. The number of amides is 2. The number of carbonyl (C=O) groups is 2. The Labute approximate surface area is 849 Å². The van der Waals surface area contributed by atoms with Gasteiger partial charge in [-0.15, -0.1) is 0 Å². The molecule has 11 atom stereocenters. The maximum Gasteiger partial charge on any atom is 0.251 e. The number of aromatic amines is 10. The Morgan fingerprint density at radius 1 is 0.345 bits per heavy atom. The van der Waals surface area contributed by atoms with E-state index >= 15 is 0 Å². The zero-order valence-corrected chi connectivity index (χ0v) is 86.8. The number of hydrogen-bond acceptors (Lipinski definition) is 43. The number of aliphatic imine (C=N–C) groups is 2. The lowest BCUT2D eigenvalue weighted by atomic mass is 10.2. The third-order valence-electron chi connectivity index (χ3n) is 19.3. The van der Waals surface area contributed by atoms with Crippen LogP contribution in [0.3, 0.4) is 0 Å². The van der Waals surface area contributed by atoms with Crippen LogP contribution in [0.4, 0.5) is 0 Å². The van der Waals surface area contributed by atoms with Crippen LogP contribution in [0.2, 0.25) is 0 Å². The Balaban J connectivity index is 0.000000177. The van der Waals surface area contributed by atoms with Crippen molar-refractivity contribution in [3.8, 4) is 22.8 Å². The highest BCUT2D eigenvalue weighted by atomic mass is 33.1. The number of benzene rings is 4. The van der Waals surface area contributed by atoms with Crippen LogP contribution in [0.25, 0.3) is 22.8 Å². The van der Waals surface area contributed by atoms with Crippen molar-refractivity contribution in [3.05, 3.63) is 239 Å². The van der Waals surface area contributed by atoms with Crippen LogP contribution in [-0.2, 0) is 19.3 Å². The normalized spacial score (nSPS) is 14.1. The minimum Gasteiger partial charge on any atom is -0.341 e. The van der Waals surface area contributed by atoms with Crippen molar-refractivity contribution in [3.63, 3.8) is 0 Å². The van der Waals surface area contributed by atoms with Crippen LogP contribution in [0, 0.1) is 0 Å². The van der Waals surface area contributed by atoms with Gasteiger partial charge in [0.05, 0.1) is 67.0 Å². The number of amidine groups is 1. The van der Waals surface area contributed by atoms with Gasteiger partial charge in [-0.1, -0.05) is 260 Å². The summed E-state index contributed by atoms with van der Waals surface area (Å²) in [6, 6.07) is 35.5. The molecule has 0 fully saturated rings. The van der Waals surface area contributed by atoms with Crippen LogP contribution in [0.1, 0.15) is 236 Å². The van der Waals surface area contributed by atoms with Gasteiger partial charge in [0, 0.05) is 123 Å². The van der Waals surface area contributed by atoms with Gasteiger partial charge in [0.15, 0.2) is 40.8 Å². The Hall–Kier alpha value is -9.91. The summed E-state index contributed by atoms with van der Waals surface area (Å²) in [6.45, 7) is 17.0. The van der Waals surface area contributed by atoms with E-state index in [4.69, 9.17) is 45.9 Å². The van der Waals surface area contributed by atoms with Crippen molar-refractivity contribution in [1.29, 1.82) is 0 Å². The first-order valence-electron chi connectivity index (χ1n) is 44.2. The van der Waals surface area contributed by atoms with Gasteiger partial charge in [-0.3, -0.25) is 65.6 Å². The summed E-state index contributed by atoms with van der Waals surface area (Å²) in [7, 11) is 16.4. The third kappa shape index (κ3) is 37.8. The number of nitrogens with one attached hydrogen (secondary N) is 12. The average Bonchev–Trinajstić information content (AvgIpc) is 1.71. The van der Waals surface area contributed by atoms with E-state index in [-0.39, 0.29) is 72.2 Å². The van der Waals surface area contributed by atoms with Crippen molar-refractivity contribution >= 4 is 144 Å². The number of nitrogens with zero attached hydrogens (tertiary/aromatic N) is 22. The van der Waals surface area contributed by atoms with Crippen molar-refractivity contribution in [2.75, 3.05) is 69.8 Å². The lowest BCUT2D eigenvalue weighted by molar-refractivity contribution is 0.0930. The number of H-pyrrole nitrogens is 10. The molecule has 0 aliphatic carbocycles. The second kappa shape index (κ2) is 61.0. The predicted octanol–water partition coefficient (Wildman–Crippen LogP) is 11.1. The summed E-state index contributed by atoms with van der Waals surface area (Å²) in [5, 5.41) is 75.6. The summed E-state index contributed by atoms with van der Waals surface area (Å²) in [5.41, 5.74) is 51.9. The molecule has 1 aliphatic heterocycles. The van der Waals surface area contributed by atoms with E-state index in [2.05, 4.69) is 227 Å². The van der Waals surface area contributed by atoms with Crippen LogP contribution in [-0.4, -0.2) is 252 Å². The average molecular weight is 2100 g/mol. The highest BCUT2D eigenvalue weighted by Gasteiger charge is 2.26. The van der Waals surface area contributed by atoms with Crippen LogP contribution in [0.15, 0.2) is 150 Å². The second-order valence-corrected chi connectivity index (χ2v) is 44.1. The molecular formula is C84H120N42O2S11. The van der Waals surface area contributed by atoms with Gasteiger partial charge in [0.2, 0.25) is 0 Å². The smallest absolute Gasteiger partial charge is 0.251 e. The third-order valence-corrected chi connectivity index (χ3v) is 32.2. The monoisotopic (exact) mass is 2100 g/mol. The summed E-state index contributed by atoms with van der Waals surface area (Å²) < 4.78 is 0. The lowest BCUT2D eigenvalue weighted by Crippen LogP contribution is -2.31. The molecule has 2 amide bonds. The maximum absolute atomic E-state index is 12.6. The van der Waals surface area contributed by atoms with Gasteiger partial charge in [0.1, 0.15) is 83.1 Å². The van der Waals surface area contributed by atoms with Gasteiger partial charge >= 0.3 is 0 Å². The molecule has 744 valence electrons. The second-order valence-electron chi connectivity index (χ2n) is 31.0. The largest absolute Gasteiger partial charge is 0.341 e. The molecule has 0 unspecified atom stereocenters. The summed E-state index contributed by atoms with van der Waals surface area (Å²) >= 11 is 4.17. The Kier molecular flexibility index (Phi) is 48.8. The first kappa shape index (κ1) is 111. The highest BCUT2D eigenvalue weighted by Crippen LogP contribution is 2.35. The quantitative estimate of drug-likeness (QED) is 0.00957. The molecule has 44 nitrogen and oxygen atoms in total. The SMILES string of the molecule is CC(C)c1n[nH]c([C@@H](N)CSSC[C@H](N)c2nc(C(C)C)n[nH]2)n1.CCc1nc([C@@H](C)CS)n[nH]1.CCc1nc([C@@H](N)CSSC[C@H](N)c2n[nH]c(CC)n2)n[nH]1.N[C@@H](CSSC[C@H](N)c1nc(-c2ccccc2)n[nH]1)c1nc(-c2ccccc2)n[nH]1.N[C@@H](CSSC[C@H](N)c1ncn[nH]1)C1=NCC=N1.O=C(N[C@@H](CSSC[C@H](NC(=O)c1ccccc1)c1ncn[nH]1)c1ncn[nH]1)c1ccccc1. The van der Waals surface area contributed by atoms with Gasteiger partial charge in [-0.05, 0) is 30.0 Å². The van der Waals surface area contributed by atoms with E-state index in [1.165, 1.54) is 19.0 Å². The number of carbonyl (C=O) groups excluding carboxylic acids is 2. The fourth-order valence-electron chi connectivity index (χ4n) is 11.3. The minimum absolute atomic E-state index is 0.109. The molecule has 11 heterocycles. The van der Waals surface area contributed by atoms with E-state index in [1.807, 2.05) is 111 Å². The number of hydrogen-bond donors (Lipinski definition) is 21. The lowest BCUT2D eigenvalue weighted by Gasteiger charge is -2.18. The minimum atomic E-state index is -0.365. The molecule has 0 saturated heterocycles. The zero-order chi connectivity index (χ0) is 99.1. The molecular weight excluding hydrogens is 1980 g/mol. The molecule has 14 aromatic rings. The fraction of sp³-hybridized carbons (Fsp3) is 0.429. The number of aryl methyl sites for hydroxylation is 3. The molecule has 0 spiro atoms. The maximum atomic E-state index is 12.6. The van der Waals surface area contributed by atoms with E-state index in [0.29, 0.717) is 111 Å². The van der Waals surface area contributed by atoms with Gasteiger partial charge in [-0.2, -0.15) is 63.6 Å². The first-order valence-corrected chi connectivity index (χ1v) is 57.3. The standard InChI is InChI=1S/C22H22N8O2S2.C20H22N8S2.C14H26N8S2.C12H22N8S2.C9H15N7S2.C7H13N3S/c31-21(15-7-3-1-4-8-15)27-17(19-23-13-25-29-19)11-33-34-12-18(20-24-14-26-30-20)28-22(32)16-9-5-2-6-10-16;21-15(19-23-17(25-27-19)13-7-3-1-4-8-13)11-29-30-12-16(22)20-24-18(26-28-20)14-9-5-2-6-10-14;1-7(2)11-17-13(21-19-11)9(15)5-23-24-6-10(16)14-18-12(8(3)4)20-22-14;1-3-9-15-11(19-17-9)7(13)5-21-22-6-8(14)12-16-10(4-2)18-20-12;10-6(8-12-1-2-13-8)3-17-18-4-7(11)9-14-5-15-16-9;1-3-6-8-7(10-9-6)5(2)4-11/h1-10,13-14,17-18H,11-12H2,(H,27,31)(H,28,32)(H,23,25,29)(H,24,26,30);1-10,15-16H,11-12,21-22H2,(H,23,25,27)(H,24,26,28);7-10H,5-6,15-16H2,1-4H3,(H,17,19,21)(H,18,20,22);7-8H,3-6,13-14H2,1-2H3,(H,15,17,19)(H,16,18,20);1,5-7H,2-4,10-11H2,(H,14,15,16);5,11H,3-4H2,1-2H3,(H,8,9,10)/t17-,18-;15-,16-;9-,10-;7-,8-;6-,7-;5-/m000000/s1. The van der Waals surface area contributed by atoms with Crippen molar-refractivity contribution < 1.29 is 9.59 Å². The molecule has 28 N–H and O–H groups in total. The van der Waals surface area contributed by atoms with E-state index in [1.54, 1.807) is 138 Å². The van der Waals surface area contributed by atoms with E-state index < -0.39 is 0 Å². The zero-order valence-electron chi connectivity index (χ0n) is 77.8. The van der Waals surface area contributed by atoms with E-state index in [0.717, 1.165) is 123 Å². The molecule has 139 heavy (non-hydrogen) atoms. The van der Waals surface area contributed by atoms with Crippen molar-refractivity contribution in [1.82, 2.24) is 162 Å². The van der Waals surface area contributed by atoms with Crippen LogP contribution in [0.5, 0.6) is 0 Å². The molecule has 15 rings (SSSR count). The molecule has 0 bridgehead atoms. The van der Waals surface area contributed by atoms with Crippen molar-refractivity contribution in [2.24, 2.45) is 55.9 Å². The summed E-state index contributed by atoms with van der Waals surface area (Å²) in [6.07, 6.45) is 8.61. The van der Waals surface area contributed by atoms with Crippen LogP contribution < -0.4 is 56.5 Å². The number of thiol groups is 1. The highest BCUT2D eigenvalue weighted by molar-refractivity contribution is 8.77. The van der Waals surface area contributed by atoms with Crippen LogP contribution >= 0.6 is 121 Å². The molecule has 10 aromatic heterocycles. The fourth-order valence-corrected chi connectivity index (χ4v) is 22.8. The topological polar surface area (TPSA) is 707 Å². The molecule has 4 aromatic carbocycles. The van der Waals surface area contributed by atoms with Gasteiger partial charge in [0.25, 0.3) is 11.8 Å². The van der Waals surface area contributed by atoms with E-state index in [9.17, 15) is 9.59 Å². The Morgan fingerprint density at radius 3 is 0.978 bits per heavy atom. The molecule has 0 saturated carbocycles. The molecule has 55 heteroatoms. The van der Waals surface area contributed by atoms with Gasteiger partial charge in [-0.25, -0.2) is 54.8 Å². The summed E-state index contributed by atoms with van der Waals surface area (Å²) in [5.74, 6) is 21.4. The van der Waals surface area contributed by atoms with Crippen molar-refractivity contribution in [2.45, 2.75) is 153 Å². The Morgan fingerprint density at radius 2 is 0.655 bits per heavy atom.